The summed E-state index contributed by atoms with van der Waals surface area (Å²) >= 11 is 3.31. The summed E-state index contributed by atoms with van der Waals surface area (Å²) < 4.78 is 18.9. The van der Waals surface area contributed by atoms with Crippen molar-refractivity contribution in [2.75, 3.05) is 25.0 Å². The van der Waals surface area contributed by atoms with Gasteiger partial charge in [0.25, 0.3) is 5.91 Å². The summed E-state index contributed by atoms with van der Waals surface area (Å²) in [7, 11) is 0. The minimum absolute atomic E-state index is 0.0300. The van der Waals surface area contributed by atoms with E-state index in [9.17, 15) is 9.18 Å². The summed E-state index contributed by atoms with van der Waals surface area (Å²) in [4.78, 5) is 17.3. The molecule has 0 aromatic carbocycles. The van der Waals surface area contributed by atoms with E-state index >= 15 is 0 Å². The predicted octanol–water partition coefficient (Wildman–Crippen LogP) is 1.46. The lowest BCUT2D eigenvalue weighted by Gasteiger charge is -2.32. The largest absolute Gasteiger partial charge is 0.374 e. The van der Waals surface area contributed by atoms with Crippen molar-refractivity contribution in [3.8, 4) is 0 Å². The van der Waals surface area contributed by atoms with Crippen LogP contribution >= 0.6 is 15.9 Å². The van der Waals surface area contributed by atoms with Crippen LogP contribution in [0, 0.1) is 5.82 Å². The molecule has 1 unspecified atom stereocenters. The average Bonchev–Trinajstić information content (AvgIpc) is 2.38. The molecule has 1 aliphatic heterocycles. The second-order valence-electron chi connectivity index (χ2n) is 3.75. The Morgan fingerprint density at radius 1 is 1.71 bits per heavy atom. The number of nitrogens with zero attached hydrogens (tertiary/aromatic N) is 2. The lowest BCUT2D eigenvalue weighted by Crippen LogP contribution is -2.46. The third-order valence-electron chi connectivity index (χ3n) is 2.60. The van der Waals surface area contributed by atoms with Crippen LogP contribution in [0.5, 0.6) is 0 Å². The molecule has 92 valence electrons. The van der Waals surface area contributed by atoms with Gasteiger partial charge in [-0.15, -0.1) is 0 Å². The number of ether oxygens (including phenoxy) is 1. The van der Waals surface area contributed by atoms with Crippen molar-refractivity contribution in [2.24, 2.45) is 0 Å². The van der Waals surface area contributed by atoms with Crippen molar-refractivity contribution in [1.29, 1.82) is 0 Å². The topological polar surface area (TPSA) is 42.4 Å². The molecule has 1 saturated heterocycles. The van der Waals surface area contributed by atoms with E-state index in [-0.39, 0.29) is 17.6 Å². The number of alkyl halides is 1. The highest BCUT2D eigenvalue weighted by Gasteiger charge is 2.25. The Morgan fingerprint density at radius 2 is 2.53 bits per heavy atom. The quantitative estimate of drug-likeness (QED) is 0.777. The zero-order valence-electron chi connectivity index (χ0n) is 9.10. The Labute approximate surface area is 107 Å². The number of amides is 1. The lowest BCUT2D eigenvalue weighted by molar-refractivity contribution is -0.00982. The number of rotatable bonds is 2. The molecule has 17 heavy (non-hydrogen) atoms. The van der Waals surface area contributed by atoms with E-state index < -0.39 is 5.82 Å². The molecule has 1 aliphatic rings. The fourth-order valence-corrected chi connectivity index (χ4v) is 2.11. The molecule has 0 radical (unpaired) electrons. The van der Waals surface area contributed by atoms with Crippen LogP contribution < -0.4 is 0 Å². The summed E-state index contributed by atoms with van der Waals surface area (Å²) in [5.74, 6) is -0.890. The minimum Gasteiger partial charge on any atom is -0.374 e. The van der Waals surface area contributed by atoms with Gasteiger partial charge in [0.2, 0.25) is 0 Å². The number of halogens is 2. The van der Waals surface area contributed by atoms with E-state index in [1.807, 2.05) is 0 Å². The van der Waals surface area contributed by atoms with Crippen LogP contribution in [0.15, 0.2) is 18.5 Å². The van der Waals surface area contributed by atoms with Gasteiger partial charge in [-0.05, 0) is 6.07 Å². The number of hydrogen-bond acceptors (Lipinski definition) is 3. The maximum absolute atomic E-state index is 13.4. The molecular weight excluding hydrogens is 291 g/mol. The predicted molar refractivity (Wildman–Crippen MR) is 63.6 cm³/mol. The first-order chi connectivity index (χ1) is 8.22. The highest BCUT2D eigenvalue weighted by molar-refractivity contribution is 9.09. The lowest BCUT2D eigenvalue weighted by atomic mass is 10.2. The SMILES string of the molecule is O=C(c1ccncc1F)N1CCOC(CBr)C1. The Balaban J connectivity index is 2.12. The molecule has 2 heterocycles. The Hall–Kier alpha value is -1.01. The van der Waals surface area contributed by atoms with E-state index in [1.165, 1.54) is 12.3 Å². The molecule has 1 amide bonds. The fourth-order valence-electron chi connectivity index (χ4n) is 1.72. The molecular formula is C11H12BrFN2O2. The molecule has 0 N–H and O–H groups in total. The van der Waals surface area contributed by atoms with Gasteiger partial charge in [-0.1, -0.05) is 15.9 Å². The van der Waals surface area contributed by atoms with Gasteiger partial charge in [-0.3, -0.25) is 9.78 Å². The van der Waals surface area contributed by atoms with E-state index in [2.05, 4.69) is 20.9 Å². The van der Waals surface area contributed by atoms with Gasteiger partial charge < -0.3 is 9.64 Å². The smallest absolute Gasteiger partial charge is 0.257 e. The van der Waals surface area contributed by atoms with Gasteiger partial charge in [0.1, 0.15) is 0 Å². The molecule has 1 atom stereocenters. The van der Waals surface area contributed by atoms with Crippen molar-refractivity contribution in [3.05, 3.63) is 29.8 Å². The fraction of sp³-hybridized carbons (Fsp3) is 0.455. The first kappa shape index (κ1) is 12.4. The molecule has 6 heteroatoms. The van der Waals surface area contributed by atoms with Crippen LogP contribution in [0.2, 0.25) is 0 Å². The third kappa shape index (κ3) is 2.81. The van der Waals surface area contributed by atoms with Crippen LogP contribution in [0.25, 0.3) is 0 Å². The third-order valence-corrected chi connectivity index (χ3v) is 3.32. The first-order valence-electron chi connectivity index (χ1n) is 5.28. The van der Waals surface area contributed by atoms with Crippen molar-refractivity contribution < 1.29 is 13.9 Å². The zero-order valence-corrected chi connectivity index (χ0v) is 10.7. The summed E-state index contributed by atoms with van der Waals surface area (Å²) in [6.45, 7) is 1.45. The van der Waals surface area contributed by atoms with Gasteiger partial charge >= 0.3 is 0 Å². The van der Waals surface area contributed by atoms with Gasteiger partial charge in [-0.25, -0.2) is 4.39 Å². The number of pyridine rings is 1. The molecule has 0 spiro atoms. The van der Waals surface area contributed by atoms with Crippen LogP contribution in [0.1, 0.15) is 10.4 Å². The molecule has 1 aromatic rings. The molecule has 0 aliphatic carbocycles. The van der Waals surface area contributed by atoms with Crippen LogP contribution in [-0.4, -0.2) is 46.9 Å². The van der Waals surface area contributed by atoms with Gasteiger partial charge in [0.05, 0.1) is 24.5 Å². The van der Waals surface area contributed by atoms with Crippen molar-refractivity contribution in [1.82, 2.24) is 9.88 Å². The Morgan fingerprint density at radius 3 is 3.24 bits per heavy atom. The molecule has 0 saturated carbocycles. The highest BCUT2D eigenvalue weighted by Crippen LogP contribution is 2.13. The van der Waals surface area contributed by atoms with E-state index in [1.54, 1.807) is 4.90 Å². The van der Waals surface area contributed by atoms with Gasteiger partial charge in [0.15, 0.2) is 5.82 Å². The summed E-state index contributed by atoms with van der Waals surface area (Å²) in [6, 6.07) is 1.40. The number of carbonyl (C=O) groups excluding carboxylic acids is 1. The minimum atomic E-state index is -0.584. The number of hydrogen-bond donors (Lipinski definition) is 0. The summed E-state index contributed by atoms with van der Waals surface area (Å²) in [6.07, 6.45) is 2.44. The van der Waals surface area contributed by atoms with Crippen LogP contribution in [0.3, 0.4) is 0 Å². The average molecular weight is 303 g/mol. The molecule has 1 fully saturated rings. The van der Waals surface area contributed by atoms with Crippen molar-refractivity contribution in [2.45, 2.75) is 6.10 Å². The number of morpholine rings is 1. The van der Waals surface area contributed by atoms with Crippen molar-refractivity contribution >= 4 is 21.8 Å². The summed E-state index contributed by atoms with van der Waals surface area (Å²) in [5.41, 5.74) is 0.0650. The number of aromatic nitrogens is 1. The molecule has 4 nitrogen and oxygen atoms in total. The van der Waals surface area contributed by atoms with Crippen molar-refractivity contribution in [3.63, 3.8) is 0 Å². The molecule has 1 aromatic heterocycles. The standard InChI is InChI=1S/C11H12BrFN2O2/c12-5-8-7-15(3-4-17-8)11(16)9-1-2-14-6-10(9)13/h1-2,6,8H,3-5,7H2. The zero-order chi connectivity index (χ0) is 12.3. The van der Waals surface area contributed by atoms with Gasteiger partial charge in [0, 0.05) is 24.6 Å². The van der Waals surface area contributed by atoms with E-state index in [0.29, 0.717) is 25.0 Å². The Bertz CT molecular complexity index is 416. The number of carbonyl (C=O) groups is 1. The molecule has 0 bridgehead atoms. The second kappa shape index (κ2) is 5.55. The van der Waals surface area contributed by atoms with Gasteiger partial charge in [-0.2, -0.15) is 0 Å². The van der Waals surface area contributed by atoms with E-state index in [4.69, 9.17) is 4.74 Å². The summed E-state index contributed by atoms with van der Waals surface area (Å²) in [5, 5.41) is 0.662. The highest BCUT2D eigenvalue weighted by atomic mass is 79.9. The Kier molecular flexibility index (Phi) is 4.06. The van der Waals surface area contributed by atoms with Crippen LogP contribution in [0.4, 0.5) is 4.39 Å². The first-order valence-corrected chi connectivity index (χ1v) is 6.41. The maximum atomic E-state index is 13.4. The second-order valence-corrected chi connectivity index (χ2v) is 4.40. The maximum Gasteiger partial charge on any atom is 0.257 e. The van der Waals surface area contributed by atoms with Crippen LogP contribution in [-0.2, 0) is 4.74 Å². The normalized spacial score (nSPS) is 20.4. The monoisotopic (exact) mass is 302 g/mol. The molecule has 2 rings (SSSR count). The van der Waals surface area contributed by atoms with E-state index in [0.717, 1.165) is 6.20 Å².